The van der Waals surface area contributed by atoms with Gasteiger partial charge in [-0.25, -0.2) is 14.8 Å². The summed E-state index contributed by atoms with van der Waals surface area (Å²) in [5, 5.41) is 2.75. The lowest BCUT2D eigenvalue weighted by atomic mass is 9.87. The molecule has 0 bridgehead atoms. The zero-order chi connectivity index (χ0) is 43.3. The van der Waals surface area contributed by atoms with Gasteiger partial charge in [-0.05, 0) is 109 Å². The number of amides is 3. The number of alkyl carbamates (subject to hydrolysis) is 1. The van der Waals surface area contributed by atoms with E-state index in [9.17, 15) is 14.4 Å². The highest BCUT2D eigenvalue weighted by Gasteiger charge is 2.40. The van der Waals surface area contributed by atoms with Crippen molar-refractivity contribution in [2.75, 3.05) is 25.1 Å². The highest BCUT2D eigenvalue weighted by molar-refractivity contribution is 5.87. The quantitative estimate of drug-likeness (QED) is 0.127. The van der Waals surface area contributed by atoms with Crippen LogP contribution in [-0.4, -0.2) is 73.9 Å². The molecule has 324 valence electrons. The van der Waals surface area contributed by atoms with Crippen molar-refractivity contribution in [2.24, 2.45) is 17.8 Å². The molecule has 0 spiro atoms. The van der Waals surface area contributed by atoms with Gasteiger partial charge in [-0.2, -0.15) is 0 Å². The van der Waals surface area contributed by atoms with Crippen molar-refractivity contribution in [2.45, 2.75) is 130 Å². The van der Waals surface area contributed by atoms with Crippen LogP contribution in [0.2, 0.25) is 0 Å². The lowest BCUT2D eigenvalue weighted by Crippen LogP contribution is -2.51. The van der Waals surface area contributed by atoms with Gasteiger partial charge in [0.25, 0.3) is 0 Å². The van der Waals surface area contributed by atoms with E-state index >= 15 is 0 Å². The number of nitrogens with one attached hydrogen (secondary N) is 3. The molecule has 2 aromatic heterocycles. The first-order valence-corrected chi connectivity index (χ1v) is 22.5. The van der Waals surface area contributed by atoms with E-state index in [1.165, 1.54) is 29.5 Å². The number of benzene rings is 3. The first-order valence-electron chi connectivity index (χ1n) is 22.5. The number of rotatable bonds is 10. The summed E-state index contributed by atoms with van der Waals surface area (Å²) in [5.74, 6) is 1.89. The molecule has 5 heterocycles. The van der Waals surface area contributed by atoms with Crippen molar-refractivity contribution < 1.29 is 19.1 Å². The highest BCUT2D eigenvalue weighted by atomic mass is 16.5. The molecule has 3 amide bonds. The van der Waals surface area contributed by atoms with Gasteiger partial charge in [-0.3, -0.25) is 9.59 Å². The largest absolute Gasteiger partial charge is 0.453 e. The third-order valence-electron chi connectivity index (χ3n) is 13.7. The van der Waals surface area contributed by atoms with Gasteiger partial charge in [0.05, 0.1) is 53.3 Å². The summed E-state index contributed by atoms with van der Waals surface area (Å²) in [6.45, 7) is 18.2. The number of likely N-dealkylation sites (tertiary alicyclic amines) is 2. The molecule has 3 N–H and O–H groups in total. The molecule has 0 aliphatic carbocycles. The molecule has 8 rings (SSSR count). The van der Waals surface area contributed by atoms with Crippen molar-refractivity contribution in [3.63, 3.8) is 0 Å². The lowest BCUT2D eigenvalue weighted by molar-refractivity contribution is -0.137. The van der Waals surface area contributed by atoms with E-state index in [2.05, 4.69) is 115 Å². The van der Waals surface area contributed by atoms with Crippen LogP contribution in [0.3, 0.4) is 0 Å². The first kappa shape index (κ1) is 42.3. The van der Waals surface area contributed by atoms with Gasteiger partial charge in [0, 0.05) is 24.7 Å². The van der Waals surface area contributed by atoms with Crippen molar-refractivity contribution >= 4 is 45.7 Å². The zero-order valence-corrected chi connectivity index (χ0v) is 37.4. The molecule has 6 atom stereocenters. The topological polar surface area (TPSA) is 140 Å². The Hall–Kier alpha value is -5.39. The van der Waals surface area contributed by atoms with E-state index in [1.807, 2.05) is 30.6 Å². The molecule has 5 aromatic rings. The Bertz CT molecular complexity index is 2390. The normalized spacial score (nSPS) is 21.9. The third-order valence-corrected chi connectivity index (χ3v) is 13.7. The van der Waals surface area contributed by atoms with Gasteiger partial charge in [0.15, 0.2) is 0 Å². The van der Waals surface area contributed by atoms with Crippen LogP contribution in [-0.2, 0) is 19.7 Å². The predicted molar refractivity (Wildman–Crippen MR) is 240 cm³/mol. The number of methoxy groups -OCH3 is 1. The average molecular weight is 829 g/mol. The monoisotopic (exact) mass is 829 g/mol. The number of anilines is 1. The van der Waals surface area contributed by atoms with E-state index in [4.69, 9.17) is 14.7 Å². The molecular weight excluding hydrogens is 765 g/mol. The van der Waals surface area contributed by atoms with Gasteiger partial charge in [-0.1, -0.05) is 79.7 Å². The molecule has 3 aliphatic rings. The Balaban J connectivity index is 1.10. The number of carbonyl (C=O) groups is 3. The summed E-state index contributed by atoms with van der Waals surface area (Å²) in [6, 6.07) is 21.6. The minimum absolute atomic E-state index is 0.0275. The summed E-state index contributed by atoms with van der Waals surface area (Å²) < 4.78 is 4.83. The minimum Gasteiger partial charge on any atom is -0.453 e. The predicted octanol–water partition coefficient (Wildman–Crippen LogP) is 9.82. The Kier molecular flexibility index (Phi) is 11.7. The second-order valence-electron chi connectivity index (χ2n) is 19.4. The standard InChI is InChI=1S/C49H64N8O4/c1-28(2)30(5)46(58)55-24-10-12-41(55)44-50-35-20-14-31(26-37(35)52-44)39-22-23-40(57(39)34-18-16-33(17-19-34)49(6,7)8)32-15-21-36-38(27-32)53-45(51-36)42-13-11-25-56(42)47(59)43(29(3)4)54-48(60)61-9/h14-21,26-30,39-43H,10-13,22-25H2,1-9H3,(H,50,52)(H,51,53)(H,54,60)/t30-,39?,40?,41-,42?,43-/m0/s1. The SMILES string of the molecule is COC(=O)N[C@H](C(=O)N1CCCC1c1nc2cc(C3CCC(c4ccc5[nH]c([C@@H]6CCCN6C(=O)[C@@H](C)C(C)C)nc5c4)N3c3ccc(C(C)(C)C)cc3)ccc2[nH]1)C(C)C. The Morgan fingerprint density at radius 2 is 1.20 bits per heavy atom. The number of aromatic amines is 2. The molecule has 61 heavy (non-hydrogen) atoms. The summed E-state index contributed by atoms with van der Waals surface area (Å²) >= 11 is 0. The van der Waals surface area contributed by atoms with Crippen LogP contribution in [0.15, 0.2) is 60.7 Å². The lowest BCUT2D eigenvalue weighted by Gasteiger charge is -2.34. The van der Waals surface area contributed by atoms with E-state index in [0.29, 0.717) is 6.54 Å². The maximum Gasteiger partial charge on any atom is 0.407 e. The summed E-state index contributed by atoms with van der Waals surface area (Å²) in [4.78, 5) is 63.5. The summed E-state index contributed by atoms with van der Waals surface area (Å²) in [6.07, 6.45) is 4.86. The summed E-state index contributed by atoms with van der Waals surface area (Å²) in [7, 11) is 1.31. The number of imidazole rings is 2. The number of ether oxygens (including phenoxy) is 1. The van der Waals surface area contributed by atoms with E-state index in [0.717, 1.165) is 78.8 Å². The van der Waals surface area contributed by atoms with E-state index in [1.54, 1.807) is 0 Å². The van der Waals surface area contributed by atoms with Gasteiger partial charge in [0.1, 0.15) is 17.7 Å². The molecule has 0 saturated carbocycles. The van der Waals surface area contributed by atoms with Crippen molar-refractivity contribution in [3.8, 4) is 0 Å². The molecule has 12 nitrogen and oxygen atoms in total. The molecule has 3 fully saturated rings. The van der Waals surface area contributed by atoms with Crippen LogP contribution in [0.4, 0.5) is 10.5 Å². The van der Waals surface area contributed by atoms with Crippen LogP contribution in [0.5, 0.6) is 0 Å². The van der Waals surface area contributed by atoms with Crippen molar-refractivity contribution in [3.05, 3.63) is 89.0 Å². The molecule has 3 aliphatic heterocycles. The van der Waals surface area contributed by atoms with Gasteiger partial charge in [-0.15, -0.1) is 0 Å². The van der Waals surface area contributed by atoms with Crippen LogP contribution in [0.25, 0.3) is 22.1 Å². The van der Waals surface area contributed by atoms with Gasteiger partial charge < -0.3 is 34.7 Å². The average Bonchev–Trinajstić information content (AvgIpc) is 4.09. The zero-order valence-electron chi connectivity index (χ0n) is 37.4. The number of hydrogen-bond acceptors (Lipinski definition) is 7. The fourth-order valence-electron chi connectivity index (χ4n) is 9.83. The maximum absolute atomic E-state index is 13.9. The second kappa shape index (κ2) is 16.8. The number of aromatic nitrogens is 4. The Morgan fingerprint density at radius 1 is 0.689 bits per heavy atom. The van der Waals surface area contributed by atoms with Crippen molar-refractivity contribution in [1.29, 1.82) is 0 Å². The van der Waals surface area contributed by atoms with E-state index in [-0.39, 0.29) is 59.2 Å². The second-order valence-corrected chi connectivity index (χ2v) is 19.4. The molecule has 12 heteroatoms. The fraction of sp³-hybridized carbons (Fsp3) is 0.531. The Labute approximate surface area is 360 Å². The van der Waals surface area contributed by atoms with E-state index < -0.39 is 12.1 Å². The number of H-pyrrole nitrogens is 2. The van der Waals surface area contributed by atoms with Gasteiger partial charge in [0.2, 0.25) is 11.8 Å². The molecule has 3 aromatic carbocycles. The number of carbonyl (C=O) groups excluding carboxylic acids is 3. The first-order chi connectivity index (χ1) is 29.1. The van der Waals surface area contributed by atoms with Crippen molar-refractivity contribution in [1.82, 2.24) is 35.1 Å². The summed E-state index contributed by atoms with van der Waals surface area (Å²) in [5.41, 5.74) is 8.64. The number of nitrogens with zero attached hydrogens (tertiary/aromatic N) is 5. The highest BCUT2D eigenvalue weighted by Crippen LogP contribution is 2.48. The molecule has 3 unspecified atom stereocenters. The molecular formula is C49H64N8O4. The van der Waals surface area contributed by atoms with Gasteiger partial charge >= 0.3 is 6.09 Å². The molecule has 0 radical (unpaired) electrons. The smallest absolute Gasteiger partial charge is 0.407 e. The van der Waals surface area contributed by atoms with Crippen LogP contribution < -0.4 is 10.2 Å². The van der Waals surface area contributed by atoms with Crippen LogP contribution in [0, 0.1) is 17.8 Å². The Morgan fingerprint density at radius 3 is 1.66 bits per heavy atom. The number of fused-ring (bicyclic) bond motifs is 2. The maximum atomic E-state index is 13.9. The fourth-order valence-corrected chi connectivity index (χ4v) is 9.83. The minimum atomic E-state index is -0.689. The van der Waals surface area contributed by atoms with Crippen LogP contribution in [0.1, 0.15) is 146 Å². The molecule has 3 saturated heterocycles. The number of hydrogen-bond donors (Lipinski definition) is 3. The van der Waals surface area contributed by atoms with Crippen LogP contribution >= 0.6 is 0 Å². The third kappa shape index (κ3) is 8.22.